The molecule has 1 atom stereocenters. The number of likely N-dealkylation sites (tertiary alicyclic amines) is 1. The van der Waals surface area contributed by atoms with Crippen molar-refractivity contribution >= 4 is 23.2 Å². The molecule has 1 fully saturated rings. The zero-order chi connectivity index (χ0) is 19.2. The molecule has 1 aliphatic heterocycles. The van der Waals surface area contributed by atoms with Crippen molar-refractivity contribution < 1.29 is 14.3 Å². The first-order valence-corrected chi connectivity index (χ1v) is 9.67. The van der Waals surface area contributed by atoms with Gasteiger partial charge in [-0.3, -0.25) is 9.69 Å². The predicted molar refractivity (Wildman–Crippen MR) is 108 cm³/mol. The minimum Gasteiger partial charge on any atom is -0.494 e. The molecule has 0 bridgehead atoms. The number of anilines is 1. The van der Waals surface area contributed by atoms with Gasteiger partial charge in [-0.15, -0.1) is 0 Å². The van der Waals surface area contributed by atoms with E-state index in [1.165, 1.54) is 5.56 Å². The maximum atomic E-state index is 12.6. The lowest BCUT2D eigenvalue weighted by atomic mass is 9.95. The number of hydrogen-bond donors (Lipinski definition) is 1. The van der Waals surface area contributed by atoms with Gasteiger partial charge in [-0.1, -0.05) is 23.7 Å². The fraction of sp³-hybridized carbons (Fsp3) is 0.381. The Bertz CT molecular complexity index is 779. The number of carbonyl (C=O) groups excluding carboxylic acids is 1. The van der Waals surface area contributed by atoms with E-state index in [0.29, 0.717) is 36.9 Å². The summed E-state index contributed by atoms with van der Waals surface area (Å²) in [7, 11) is 0. The van der Waals surface area contributed by atoms with Crippen molar-refractivity contribution in [2.45, 2.75) is 26.3 Å². The van der Waals surface area contributed by atoms with Gasteiger partial charge in [0.15, 0.2) is 0 Å². The van der Waals surface area contributed by atoms with E-state index in [-0.39, 0.29) is 11.9 Å². The number of nitrogens with zero attached hydrogens (tertiary/aromatic N) is 1. The molecule has 1 aliphatic rings. The molecule has 0 aromatic heterocycles. The van der Waals surface area contributed by atoms with E-state index in [9.17, 15) is 4.79 Å². The summed E-state index contributed by atoms with van der Waals surface area (Å²) in [5.41, 5.74) is 1.82. The van der Waals surface area contributed by atoms with Crippen LogP contribution in [0.5, 0.6) is 11.5 Å². The van der Waals surface area contributed by atoms with E-state index in [1.54, 1.807) is 6.07 Å². The van der Waals surface area contributed by atoms with Gasteiger partial charge in [-0.2, -0.15) is 0 Å². The van der Waals surface area contributed by atoms with Gasteiger partial charge in [0.2, 0.25) is 5.91 Å². The summed E-state index contributed by atoms with van der Waals surface area (Å²) in [6, 6.07) is 13.6. The molecule has 3 rings (SSSR count). The van der Waals surface area contributed by atoms with Crippen molar-refractivity contribution in [2.75, 3.05) is 31.6 Å². The lowest BCUT2D eigenvalue weighted by Crippen LogP contribution is -2.45. The molecule has 2 aromatic carbocycles. The normalized spacial score (nSPS) is 16.5. The molecule has 2 aromatic rings. The molecule has 5 nitrogen and oxygen atoms in total. The van der Waals surface area contributed by atoms with Crippen LogP contribution < -0.4 is 14.8 Å². The van der Waals surface area contributed by atoms with Crippen LogP contribution >= 0.6 is 11.6 Å². The second-order valence-corrected chi connectivity index (χ2v) is 6.84. The Morgan fingerprint density at radius 2 is 1.89 bits per heavy atom. The zero-order valence-electron chi connectivity index (χ0n) is 15.7. The molecule has 144 valence electrons. The molecular weight excluding hydrogens is 364 g/mol. The Morgan fingerprint density at radius 1 is 1.15 bits per heavy atom. The van der Waals surface area contributed by atoms with Crippen LogP contribution in [-0.4, -0.2) is 37.1 Å². The van der Waals surface area contributed by atoms with Crippen LogP contribution in [0.4, 0.5) is 5.69 Å². The number of nitrogens with one attached hydrogen (secondary N) is 1. The number of rotatable bonds is 8. The van der Waals surface area contributed by atoms with E-state index < -0.39 is 0 Å². The van der Waals surface area contributed by atoms with Crippen molar-refractivity contribution in [3.8, 4) is 11.5 Å². The van der Waals surface area contributed by atoms with Crippen LogP contribution in [0, 0.1) is 0 Å². The highest BCUT2D eigenvalue weighted by atomic mass is 35.5. The smallest absolute Gasteiger partial charge is 0.238 e. The summed E-state index contributed by atoms with van der Waals surface area (Å²) in [6.45, 7) is 6.17. The standard InChI is InChI=1S/C21H25ClN2O3/c1-3-26-17-9-10-20(27-4-2)18(13-17)23-21(25)14-24-12-11-19(24)15-5-7-16(22)8-6-15/h5-10,13,19H,3-4,11-12,14H2,1-2H3,(H,23,25). The van der Waals surface area contributed by atoms with Gasteiger partial charge in [0.25, 0.3) is 0 Å². The van der Waals surface area contributed by atoms with E-state index in [0.717, 1.165) is 18.0 Å². The van der Waals surface area contributed by atoms with Gasteiger partial charge in [0, 0.05) is 23.7 Å². The SMILES string of the molecule is CCOc1ccc(OCC)c(NC(=O)CN2CCC2c2ccc(Cl)cc2)c1. The van der Waals surface area contributed by atoms with Gasteiger partial charge >= 0.3 is 0 Å². The van der Waals surface area contributed by atoms with Crippen molar-refractivity contribution in [3.05, 3.63) is 53.1 Å². The first-order chi connectivity index (χ1) is 13.1. The Labute approximate surface area is 165 Å². The monoisotopic (exact) mass is 388 g/mol. The molecule has 0 spiro atoms. The minimum atomic E-state index is -0.0664. The van der Waals surface area contributed by atoms with Gasteiger partial charge in [0.05, 0.1) is 25.4 Å². The third kappa shape index (κ3) is 4.93. The predicted octanol–water partition coefficient (Wildman–Crippen LogP) is 4.52. The van der Waals surface area contributed by atoms with E-state index >= 15 is 0 Å². The Hall–Kier alpha value is -2.24. The fourth-order valence-corrected chi connectivity index (χ4v) is 3.34. The molecule has 0 radical (unpaired) electrons. The van der Waals surface area contributed by atoms with Gasteiger partial charge in [-0.25, -0.2) is 0 Å². The average Bonchev–Trinajstić information content (AvgIpc) is 2.63. The molecule has 0 saturated carbocycles. The third-order valence-corrected chi connectivity index (χ3v) is 4.82. The van der Waals surface area contributed by atoms with Crippen LogP contribution in [0.3, 0.4) is 0 Å². The van der Waals surface area contributed by atoms with E-state index in [2.05, 4.69) is 10.2 Å². The number of benzene rings is 2. The van der Waals surface area contributed by atoms with Crippen LogP contribution in [0.2, 0.25) is 5.02 Å². The third-order valence-electron chi connectivity index (χ3n) is 4.57. The maximum absolute atomic E-state index is 12.6. The molecule has 1 saturated heterocycles. The van der Waals surface area contributed by atoms with E-state index in [1.807, 2.05) is 50.2 Å². The average molecular weight is 389 g/mol. The van der Waals surface area contributed by atoms with E-state index in [4.69, 9.17) is 21.1 Å². The minimum absolute atomic E-state index is 0.0664. The maximum Gasteiger partial charge on any atom is 0.238 e. The highest BCUT2D eigenvalue weighted by Gasteiger charge is 2.30. The molecule has 6 heteroatoms. The second-order valence-electron chi connectivity index (χ2n) is 6.40. The Balaban J connectivity index is 1.65. The second kappa shape index (κ2) is 9.11. The zero-order valence-corrected chi connectivity index (χ0v) is 16.5. The molecule has 0 aliphatic carbocycles. The molecular formula is C21H25ClN2O3. The summed E-state index contributed by atoms with van der Waals surface area (Å²) >= 11 is 5.96. The van der Waals surface area contributed by atoms with Gasteiger partial charge < -0.3 is 14.8 Å². The summed E-state index contributed by atoms with van der Waals surface area (Å²) in [5.74, 6) is 1.29. The summed E-state index contributed by atoms with van der Waals surface area (Å²) in [6.07, 6.45) is 1.04. The van der Waals surface area contributed by atoms with Crippen LogP contribution in [0.15, 0.2) is 42.5 Å². The number of amides is 1. The summed E-state index contributed by atoms with van der Waals surface area (Å²) in [4.78, 5) is 14.8. The van der Waals surface area contributed by atoms with Crippen molar-refractivity contribution in [1.29, 1.82) is 0 Å². The van der Waals surface area contributed by atoms with Crippen molar-refractivity contribution in [2.24, 2.45) is 0 Å². The number of halogens is 1. The van der Waals surface area contributed by atoms with Crippen LogP contribution in [-0.2, 0) is 4.79 Å². The largest absolute Gasteiger partial charge is 0.494 e. The van der Waals surface area contributed by atoms with Gasteiger partial charge in [0.1, 0.15) is 11.5 Å². The lowest BCUT2D eigenvalue weighted by molar-refractivity contribution is -0.119. The van der Waals surface area contributed by atoms with Crippen LogP contribution in [0.1, 0.15) is 31.9 Å². The lowest BCUT2D eigenvalue weighted by Gasteiger charge is -2.40. The Kier molecular flexibility index (Phi) is 6.58. The fourth-order valence-electron chi connectivity index (χ4n) is 3.21. The first kappa shape index (κ1) is 19.5. The number of carbonyl (C=O) groups is 1. The van der Waals surface area contributed by atoms with Crippen molar-refractivity contribution in [1.82, 2.24) is 4.90 Å². The molecule has 1 heterocycles. The van der Waals surface area contributed by atoms with Crippen molar-refractivity contribution in [3.63, 3.8) is 0 Å². The topological polar surface area (TPSA) is 50.8 Å². The van der Waals surface area contributed by atoms with Gasteiger partial charge in [-0.05, 0) is 50.1 Å². The summed E-state index contributed by atoms with van der Waals surface area (Å²) in [5, 5.41) is 3.69. The molecule has 1 amide bonds. The molecule has 1 unspecified atom stereocenters. The first-order valence-electron chi connectivity index (χ1n) is 9.29. The van der Waals surface area contributed by atoms with Crippen LogP contribution in [0.25, 0.3) is 0 Å². The highest BCUT2D eigenvalue weighted by Crippen LogP contribution is 2.34. The number of ether oxygens (including phenoxy) is 2. The molecule has 1 N–H and O–H groups in total. The quantitative estimate of drug-likeness (QED) is 0.722. The highest BCUT2D eigenvalue weighted by molar-refractivity contribution is 6.30. The Morgan fingerprint density at radius 3 is 2.52 bits per heavy atom. The summed E-state index contributed by atoms with van der Waals surface area (Å²) < 4.78 is 11.2. The number of hydrogen-bond acceptors (Lipinski definition) is 4. The molecule has 27 heavy (non-hydrogen) atoms.